The molecule has 0 radical (unpaired) electrons. The van der Waals surface area contributed by atoms with Crippen LogP contribution in [0, 0.1) is 31.1 Å². The maximum atomic E-state index is 12.1. The summed E-state index contributed by atoms with van der Waals surface area (Å²) in [5, 5.41) is 16.2. The molecule has 1 amide bonds. The van der Waals surface area contributed by atoms with E-state index in [1.54, 1.807) is 4.68 Å². The van der Waals surface area contributed by atoms with E-state index < -0.39 is 23.2 Å². The minimum atomic E-state index is -0.899. The maximum absolute atomic E-state index is 12.1. The Balaban J connectivity index is 2.02. The number of aryl methyl sites for hydroxylation is 2. The molecule has 6 nitrogen and oxygen atoms in total. The van der Waals surface area contributed by atoms with Crippen LogP contribution in [0.15, 0.2) is 0 Å². The first-order chi connectivity index (χ1) is 9.17. The number of carboxylic acids is 1. The van der Waals surface area contributed by atoms with Crippen molar-refractivity contribution in [1.29, 1.82) is 0 Å². The van der Waals surface area contributed by atoms with E-state index in [1.807, 2.05) is 34.7 Å². The van der Waals surface area contributed by atoms with Gasteiger partial charge in [-0.05, 0) is 19.3 Å². The summed E-state index contributed by atoms with van der Waals surface area (Å²) in [6, 6.07) is 0. The van der Waals surface area contributed by atoms with Gasteiger partial charge in [0, 0.05) is 24.8 Å². The van der Waals surface area contributed by atoms with Crippen LogP contribution >= 0.6 is 0 Å². The van der Waals surface area contributed by atoms with Crippen molar-refractivity contribution in [2.45, 2.75) is 34.2 Å². The van der Waals surface area contributed by atoms with Crippen LogP contribution in [0.1, 0.15) is 30.8 Å². The Bertz CT molecular complexity index is 574. The topological polar surface area (TPSA) is 84.2 Å². The van der Waals surface area contributed by atoms with Gasteiger partial charge in [0.15, 0.2) is 0 Å². The number of nitrogens with one attached hydrogen (secondary N) is 1. The minimum Gasteiger partial charge on any atom is -0.481 e. The number of hydrogen-bond acceptors (Lipinski definition) is 3. The summed E-state index contributed by atoms with van der Waals surface area (Å²) >= 11 is 0. The van der Waals surface area contributed by atoms with Gasteiger partial charge in [-0.3, -0.25) is 14.3 Å². The fraction of sp³-hybridized carbons (Fsp3) is 0.643. The molecule has 1 aromatic rings. The number of rotatable bonds is 4. The Labute approximate surface area is 118 Å². The molecule has 20 heavy (non-hydrogen) atoms. The molecule has 1 aromatic heterocycles. The number of carbonyl (C=O) groups is 2. The molecule has 6 heteroatoms. The predicted molar refractivity (Wildman–Crippen MR) is 72.9 cm³/mol. The standard InChI is InChI=1S/C14H21N3O3/c1-7-9(8(2)17(5)16-7)6-15-12(18)10-11(13(19)20)14(10,3)4/h10-11H,6H2,1-5H3,(H,15,18)(H,19,20)/t10-,11+/m0/s1. The first-order valence-corrected chi connectivity index (χ1v) is 6.67. The van der Waals surface area contributed by atoms with Gasteiger partial charge >= 0.3 is 5.97 Å². The Morgan fingerprint density at radius 3 is 2.35 bits per heavy atom. The molecule has 0 bridgehead atoms. The van der Waals surface area contributed by atoms with Crippen LogP contribution in [-0.2, 0) is 23.2 Å². The van der Waals surface area contributed by atoms with Crippen molar-refractivity contribution in [2.24, 2.45) is 24.3 Å². The summed E-state index contributed by atoms with van der Waals surface area (Å²) in [6.45, 7) is 7.87. The van der Waals surface area contributed by atoms with Gasteiger partial charge in [0.05, 0.1) is 17.5 Å². The van der Waals surface area contributed by atoms with E-state index in [2.05, 4.69) is 10.4 Å². The second-order valence-electron chi connectivity index (χ2n) is 6.11. The van der Waals surface area contributed by atoms with Crippen LogP contribution in [-0.4, -0.2) is 26.8 Å². The normalized spacial score (nSPS) is 23.4. The van der Waals surface area contributed by atoms with Crippen molar-refractivity contribution in [3.8, 4) is 0 Å². The average molecular weight is 279 g/mol. The van der Waals surface area contributed by atoms with Gasteiger partial charge < -0.3 is 10.4 Å². The largest absolute Gasteiger partial charge is 0.481 e. The van der Waals surface area contributed by atoms with Gasteiger partial charge in [-0.1, -0.05) is 13.8 Å². The molecule has 0 unspecified atom stereocenters. The molecule has 2 rings (SSSR count). The van der Waals surface area contributed by atoms with Gasteiger partial charge in [0.25, 0.3) is 0 Å². The van der Waals surface area contributed by atoms with E-state index >= 15 is 0 Å². The number of nitrogens with zero attached hydrogens (tertiary/aromatic N) is 2. The SMILES string of the molecule is Cc1nn(C)c(C)c1CNC(=O)[C@@H]1[C@H](C(=O)O)C1(C)C. The monoisotopic (exact) mass is 279 g/mol. The van der Waals surface area contributed by atoms with Crippen LogP contribution in [0.25, 0.3) is 0 Å². The van der Waals surface area contributed by atoms with E-state index in [0.717, 1.165) is 17.0 Å². The van der Waals surface area contributed by atoms with E-state index in [1.165, 1.54) is 0 Å². The highest BCUT2D eigenvalue weighted by Gasteiger charge is 2.65. The van der Waals surface area contributed by atoms with E-state index in [0.29, 0.717) is 6.54 Å². The first-order valence-electron chi connectivity index (χ1n) is 6.67. The third-order valence-electron chi connectivity index (χ3n) is 4.47. The Kier molecular flexibility index (Phi) is 3.36. The average Bonchev–Trinajstić information content (AvgIpc) is 2.83. The van der Waals surface area contributed by atoms with Crippen molar-refractivity contribution in [2.75, 3.05) is 0 Å². The fourth-order valence-electron chi connectivity index (χ4n) is 2.95. The highest BCUT2D eigenvalue weighted by Crippen LogP contribution is 2.58. The van der Waals surface area contributed by atoms with Gasteiger partial charge in [0.2, 0.25) is 5.91 Å². The molecule has 0 spiro atoms. The molecule has 0 aromatic carbocycles. The summed E-state index contributed by atoms with van der Waals surface area (Å²) in [5.41, 5.74) is 2.42. The van der Waals surface area contributed by atoms with Gasteiger partial charge in [0.1, 0.15) is 0 Å². The lowest BCUT2D eigenvalue weighted by atomic mass is 10.1. The summed E-state index contributed by atoms with van der Waals surface area (Å²) in [6.07, 6.45) is 0. The van der Waals surface area contributed by atoms with Crippen LogP contribution in [0.5, 0.6) is 0 Å². The summed E-state index contributed by atoms with van der Waals surface area (Å²) in [4.78, 5) is 23.2. The predicted octanol–water partition coefficient (Wildman–Crippen LogP) is 1.01. The molecule has 0 saturated heterocycles. The number of carbonyl (C=O) groups excluding carboxylic acids is 1. The minimum absolute atomic E-state index is 0.190. The molecule has 1 saturated carbocycles. The van der Waals surface area contributed by atoms with Gasteiger partial charge in [-0.2, -0.15) is 5.10 Å². The lowest BCUT2D eigenvalue weighted by Crippen LogP contribution is -2.27. The van der Waals surface area contributed by atoms with Crippen molar-refractivity contribution < 1.29 is 14.7 Å². The Morgan fingerprint density at radius 2 is 1.95 bits per heavy atom. The van der Waals surface area contributed by atoms with Gasteiger partial charge in [-0.25, -0.2) is 0 Å². The zero-order valence-corrected chi connectivity index (χ0v) is 12.5. The lowest BCUT2D eigenvalue weighted by Gasteiger charge is -2.06. The molecule has 1 heterocycles. The summed E-state index contributed by atoms with van der Waals surface area (Å²) < 4.78 is 1.78. The highest BCUT2D eigenvalue weighted by atomic mass is 16.4. The van der Waals surface area contributed by atoms with Crippen molar-refractivity contribution in [3.05, 3.63) is 17.0 Å². The first kappa shape index (κ1) is 14.6. The third kappa shape index (κ3) is 2.19. The van der Waals surface area contributed by atoms with Crippen molar-refractivity contribution >= 4 is 11.9 Å². The zero-order valence-electron chi connectivity index (χ0n) is 12.5. The fourth-order valence-corrected chi connectivity index (χ4v) is 2.95. The number of aliphatic carboxylic acids is 1. The maximum Gasteiger partial charge on any atom is 0.307 e. The van der Waals surface area contributed by atoms with E-state index in [4.69, 9.17) is 5.11 Å². The quantitative estimate of drug-likeness (QED) is 0.861. The second-order valence-corrected chi connectivity index (χ2v) is 6.11. The molecule has 1 fully saturated rings. The highest BCUT2D eigenvalue weighted by molar-refractivity contribution is 5.91. The molecular weight excluding hydrogens is 258 g/mol. The Hall–Kier alpha value is -1.85. The molecule has 2 N–H and O–H groups in total. The Morgan fingerprint density at radius 1 is 1.35 bits per heavy atom. The molecule has 110 valence electrons. The van der Waals surface area contributed by atoms with Crippen LogP contribution in [0.3, 0.4) is 0 Å². The summed E-state index contributed by atoms with van der Waals surface area (Å²) in [7, 11) is 1.86. The van der Waals surface area contributed by atoms with Crippen LogP contribution < -0.4 is 5.32 Å². The number of aromatic nitrogens is 2. The molecule has 0 aliphatic heterocycles. The third-order valence-corrected chi connectivity index (χ3v) is 4.47. The number of amides is 1. The van der Waals surface area contributed by atoms with Crippen molar-refractivity contribution in [1.82, 2.24) is 15.1 Å². The van der Waals surface area contributed by atoms with E-state index in [-0.39, 0.29) is 5.91 Å². The van der Waals surface area contributed by atoms with Crippen LogP contribution in [0.4, 0.5) is 0 Å². The molecular formula is C14H21N3O3. The second kappa shape index (κ2) is 4.61. The smallest absolute Gasteiger partial charge is 0.307 e. The number of carboxylic acid groups (broad SMARTS) is 1. The van der Waals surface area contributed by atoms with Gasteiger partial charge in [-0.15, -0.1) is 0 Å². The summed E-state index contributed by atoms with van der Waals surface area (Å²) in [5.74, 6) is -2.12. The zero-order chi connectivity index (χ0) is 15.2. The molecule has 1 aliphatic carbocycles. The van der Waals surface area contributed by atoms with Crippen molar-refractivity contribution in [3.63, 3.8) is 0 Å². The molecule has 1 aliphatic rings. The number of hydrogen-bond donors (Lipinski definition) is 2. The molecule has 2 atom stereocenters. The lowest BCUT2D eigenvalue weighted by molar-refractivity contribution is -0.140. The van der Waals surface area contributed by atoms with E-state index in [9.17, 15) is 9.59 Å². The van der Waals surface area contributed by atoms with Crippen LogP contribution in [0.2, 0.25) is 0 Å².